The number of ether oxygens (including phenoxy) is 1. The molecule has 0 atom stereocenters. The van der Waals surface area contributed by atoms with Gasteiger partial charge < -0.3 is 10.5 Å². The minimum atomic E-state index is -4.47. The van der Waals surface area contributed by atoms with Gasteiger partial charge in [0.1, 0.15) is 5.75 Å². The zero-order valence-corrected chi connectivity index (χ0v) is 9.27. The number of rotatable bonds is 3. The van der Waals surface area contributed by atoms with Crippen LogP contribution in [0.15, 0.2) is 18.2 Å². The highest BCUT2D eigenvalue weighted by atomic mass is 19.4. The molecule has 1 rings (SSSR count). The summed E-state index contributed by atoms with van der Waals surface area (Å²) in [7, 11) is 0. The van der Waals surface area contributed by atoms with Crippen molar-refractivity contribution in [2.45, 2.75) is 19.5 Å². The van der Waals surface area contributed by atoms with Crippen LogP contribution in [0.5, 0.6) is 5.75 Å². The first-order valence-corrected chi connectivity index (χ1v) is 4.94. The third-order valence-corrected chi connectivity index (χ3v) is 1.97. The van der Waals surface area contributed by atoms with Crippen LogP contribution in [0.3, 0.4) is 0 Å². The Morgan fingerprint density at radius 1 is 1.35 bits per heavy atom. The van der Waals surface area contributed by atoms with E-state index in [1.165, 1.54) is 12.1 Å². The number of hydrogen-bond acceptors (Lipinski definition) is 2. The highest BCUT2D eigenvalue weighted by molar-refractivity contribution is 5.49. The fourth-order valence-corrected chi connectivity index (χ4v) is 1.23. The molecule has 0 saturated carbocycles. The van der Waals surface area contributed by atoms with Crippen LogP contribution in [0, 0.1) is 11.8 Å². The van der Waals surface area contributed by atoms with Gasteiger partial charge in [-0.05, 0) is 25.1 Å². The van der Waals surface area contributed by atoms with E-state index in [0.717, 1.165) is 6.07 Å². The average molecular weight is 243 g/mol. The van der Waals surface area contributed by atoms with Crippen LogP contribution in [0.25, 0.3) is 0 Å². The second-order valence-electron chi connectivity index (χ2n) is 3.28. The minimum absolute atomic E-state index is 0.0537. The second kappa shape index (κ2) is 5.48. The van der Waals surface area contributed by atoms with Crippen molar-refractivity contribution in [3.63, 3.8) is 0 Å². The molecule has 0 aliphatic heterocycles. The fraction of sp³-hybridized carbons (Fsp3) is 0.333. The largest absolute Gasteiger partial charge is 0.492 e. The average Bonchev–Trinajstić information content (AvgIpc) is 2.25. The first-order chi connectivity index (χ1) is 7.95. The molecule has 1 aromatic carbocycles. The molecule has 5 heteroatoms. The number of hydrogen-bond donors (Lipinski definition) is 1. The van der Waals surface area contributed by atoms with Gasteiger partial charge in [-0.25, -0.2) is 0 Å². The van der Waals surface area contributed by atoms with E-state index >= 15 is 0 Å². The van der Waals surface area contributed by atoms with Crippen molar-refractivity contribution in [3.05, 3.63) is 23.8 Å². The number of nitrogens with two attached hydrogens (primary N) is 1. The first kappa shape index (κ1) is 13.2. The molecular formula is C12H12F3NO. The Morgan fingerprint density at radius 2 is 2.06 bits per heavy atom. The van der Waals surface area contributed by atoms with Crippen LogP contribution in [-0.4, -0.2) is 6.61 Å². The highest BCUT2D eigenvalue weighted by Crippen LogP contribution is 2.37. The Labute approximate surface area is 97.6 Å². The summed E-state index contributed by atoms with van der Waals surface area (Å²) in [6, 6.07) is 3.45. The molecule has 2 N–H and O–H groups in total. The van der Waals surface area contributed by atoms with E-state index in [4.69, 9.17) is 10.5 Å². The van der Waals surface area contributed by atoms with Gasteiger partial charge in [-0.2, -0.15) is 13.2 Å². The Morgan fingerprint density at radius 3 is 2.65 bits per heavy atom. The Kier molecular flexibility index (Phi) is 4.27. The van der Waals surface area contributed by atoms with Gasteiger partial charge in [0, 0.05) is 12.1 Å². The van der Waals surface area contributed by atoms with Crippen molar-refractivity contribution in [2.75, 3.05) is 12.3 Å². The van der Waals surface area contributed by atoms with Crippen LogP contribution in [-0.2, 0) is 6.18 Å². The smallest absolute Gasteiger partial charge is 0.420 e. The van der Waals surface area contributed by atoms with Crippen LogP contribution < -0.4 is 10.5 Å². The van der Waals surface area contributed by atoms with Crippen molar-refractivity contribution in [3.8, 4) is 17.6 Å². The van der Waals surface area contributed by atoms with E-state index in [-0.39, 0.29) is 18.0 Å². The maximum absolute atomic E-state index is 12.6. The van der Waals surface area contributed by atoms with Crippen LogP contribution >= 0.6 is 0 Å². The lowest BCUT2D eigenvalue weighted by Gasteiger charge is -2.13. The van der Waals surface area contributed by atoms with Crippen molar-refractivity contribution in [2.24, 2.45) is 0 Å². The molecule has 0 heterocycles. The molecule has 0 radical (unpaired) electrons. The summed E-state index contributed by atoms with van der Waals surface area (Å²) in [5.41, 5.74) is 4.52. The molecule has 0 spiro atoms. The quantitative estimate of drug-likeness (QED) is 0.503. The Bertz CT molecular complexity index is 443. The van der Waals surface area contributed by atoms with E-state index in [1.54, 1.807) is 6.92 Å². The molecule has 2 nitrogen and oxygen atoms in total. The van der Waals surface area contributed by atoms with Gasteiger partial charge in [0.2, 0.25) is 0 Å². The van der Waals surface area contributed by atoms with Gasteiger partial charge in [-0.3, -0.25) is 0 Å². The maximum Gasteiger partial charge on any atom is 0.420 e. The predicted molar refractivity (Wildman–Crippen MR) is 59.4 cm³/mol. The molecular weight excluding hydrogens is 231 g/mol. The van der Waals surface area contributed by atoms with Crippen molar-refractivity contribution in [1.82, 2.24) is 0 Å². The summed E-state index contributed by atoms with van der Waals surface area (Å²) in [5.74, 6) is 5.12. The molecule has 0 amide bonds. The minimum Gasteiger partial charge on any atom is -0.492 e. The molecule has 92 valence electrons. The molecule has 0 bridgehead atoms. The van der Waals surface area contributed by atoms with E-state index in [1.807, 2.05) is 0 Å². The van der Waals surface area contributed by atoms with E-state index in [9.17, 15) is 13.2 Å². The third-order valence-electron chi connectivity index (χ3n) is 1.97. The molecule has 17 heavy (non-hydrogen) atoms. The van der Waals surface area contributed by atoms with Crippen molar-refractivity contribution in [1.29, 1.82) is 0 Å². The summed E-state index contributed by atoms with van der Waals surface area (Å²) in [6.45, 7) is 1.78. The molecule has 0 fully saturated rings. The SMILES string of the molecule is CC#CCCOc1ccc(N)cc1C(F)(F)F. The monoisotopic (exact) mass is 243 g/mol. The van der Waals surface area contributed by atoms with Crippen LogP contribution in [0.1, 0.15) is 18.9 Å². The predicted octanol–water partition coefficient (Wildman–Crippen LogP) is 3.08. The Balaban J connectivity index is 2.86. The molecule has 0 unspecified atom stereocenters. The van der Waals surface area contributed by atoms with Gasteiger partial charge in [-0.15, -0.1) is 11.8 Å². The van der Waals surface area contributed by atoms with Crippen molar-refractivity contribution >= 4 is 5.69 Å². The van der Waals surface area contributed by atoms with Gasteiger partial charge in [0.25, 0.3) is 0 Å². The number of alkyl halides is 3. The molecule has 0 saturated heterocycles. The Hall–Kier alpha value is -1.83. The number of halogens is 3. The number of benzene rings is 1. The van der Waals surface area contributed by atoms with Gasteiger partial charge in [0.15, 0.2) is 0 Å². The summed E-state index contributed by atoms with van der Waals surface area (Å²) >= 11 is 0. The lowest BCUT2D eigenvalue weighted by molar-refractivity contribution is -0.138. The lowest BCUT2D eigenvalue weighted by atomic mass is 10.1. The van der Waals surface area contributed by atoms with E-state index in [0.29, 0.717) is 6.42 Å². The van der Waals surface area contributed by atoms with Crippen LogP contribution in [0.4, 0.5) is 18.9 Å². The lowest BCUT2D eigenvalue weighted by Crippen LogP contribution is -2.10. The number of nitrogen functional groups attached to an aromatic ring is 1. The topological polar surface area (TPSA) is 35.2 Å². The molecule has 0 aliphatic carbocycles. The first-order valence-electron chi connectivity index (χ1n) is 4.94. The third kappa shape index (κ3) is 3.91. The second-order valence-corrected chi connectivity index (χ2v) is 3.28. The zero-order chi connectivity index (χ0) is 12.9. The standard InChI is InChI=1S/C12H12F3NO/c1-2-3-4-7-17-11-6-5-9(16)8-10(11)12(13,14)15/h5-6,8H,4,7,16H2,1H3. The fourth-order valence-electron chi connectivity index (χ4n) is 1.23. The number of anilines is 1. The molecule has 0 aromatic heterocycles. The van der Waals surface area contributed by atoms with Gasteiger partial charge in [0.05, 0.1) is 12.2 Å². The highest BCUT2D eigenvalue weighted by Gasteiger charge is 2.34. The summed E-state index contributed by atoms with van der Waals surface area (Å²) in [6.07, 6.45) is -4.08. The van der Waals surface area contributed by atoms with Gasteiger partial charge in [-0.1, -0.05) is 0 Å². The molecule has 0 aliphatic rings. The van der Waals surface area contributed by atoms with E-state index in [2.05, 4.69) is 11.8 Å². The molecule has 1 aromatic rings. The summed E-state index contributed by atoms with van der Waals surface area (Å²) in [4.78, 5) is 0. The normalized spacial score (nSPS) is 10.6. The van der Waals surface area contributed by atoms with Gasteiger partial charge >= 0.3 is 6.18 Å². The van der Waals surface area contributed by atoms with Crippen LogP contribution in [0.2, 0.25) is 0 Å². The summed E-state index contributed by atoms with van der Waals surface area (Å²) in [5, 5.41) is 0. The van der Waals surface area contributed by atoms with Crippen molar-refractivity contribution < 1.29 is 17.9 Å². The summed E-state index contributed by atoms with van der Waals surface area (Å²) < 4.78 is 43.0. The maximum atomic E-state index is 12.6. The zero-order valence-electron chi connectivity index (χ0n) is 9.27. The van der Waals surface area contributed by atoms with E-state index < -0.39 is 11.7 Å².